The van der Waals surface area contributed by atoms with Crippen LogP contribution in [-0.2, 0) is 15.2 Å². The van der Waals surface area contributed by atoms with Crippen LogP contribution in [0.1, 0.15) is 39.2 Å². The summed E-state index contributed by atoms with van der Waals surface area (Å²) in [4.78, 5) is 34.4. The molecule has 5 rings (SSSR count). The summed E-state index contributed by atoms with van der Waals surface area (Å²) in [5, 5.41) is 5.97. The number of aromatic nitrogens is 2. The summed E-state index contributed by atoms with van der Waals surface area (Å²) in [6.07, 6.45) is 4.90. The molecule has 0 spiro atoms. The Morgan fingerprint density at radius 3 is 2.69 bits per heavy atom. The van der Waals surface area contributed by atoms with Crippen molar-refractivity contribution >= 4 is 34.7 Å². The number of methoxy groups -OCH3 is 1. The molecule has 1 fully saturated rings. The zero-order valence-corrected chi connectivity index (χ0v) is 20.1. The quantitative estimate of drug-likeness (QED) is 0.557. The third-order valence-electron chi connectivity index (χ3n) is 6.19. The Hall–Kier alpha value is -4.14. The molecule has 3 aromatic rings. The molecule has 4 heterocycles. The topological polar surface area (TPSA) is 106 Å². The molecule has 0 atom stereocenters. The van der Waals surface area contributed by atoms with E-state index in [1.165, 1.54) is 14.0 Å². The second kappa shape index (κ2) is 8.57. The third-order valence-corrected chi connectivity index (χ3v) is 6.19. The molecule has 2 amide bonds. The minimum atomic E-state index is -0.616. The summed E-state index contributed by atoms with van der Waals surface area (Å²) in [6, 6.07) is 9.60. The first-order valence-electron chi connectivity index (χ1n) is 11.5. The van der Waals surface area contributed by atoms with E-state index in [9.17, 15) is 9.59 Å². The molecule has 1 aromatic carbocycles. The van der Waals surface area contributed by atoms with Crippen LogP contribution in [0, 0.1) is 0 Å². The van der Waals surface area contributed by atoms with Crippen molar-refractivity contribution in [3.63, 3.8) is 0 Å². The standard InChI is InChI=1S/C26H27N5O4/c1-15(32)29-21-10-16(13-28-25(21)34-4)30-23-12-20-19(14-27-23)18-8-7-17(31-9-5-6-24(31)33)11-22(18)35-26(20,2)3/h7-8,10-14H,5-6,9H2,1-4H3,(H,27,30)(H,29,32). The van der Waals surface area contributed by atoms with Crippen molar-refractivity contribution in [2.45, 2.75) is 39.2 Å². The Labute approximate surface area is 203 Å². The molecule has 0 unspecified atom stereocenters. The van der Waals surface area contributed by atoms with Crippen LogP contribution < -0.4 is 25.0 Å². The summed E-state index contributed by atoms with van der Waals surface area (Å²) >= 11 is 0. The van der Waals surface area contributed by atoms with E-state index in [-0.39, 0.29) is 11.8 Å². The van der Waals surface area contributed by atoms with Crippen molar-refractivity contribution in [2.75, 3.05) is 29.2 Å². The lowest BCUT2D eigenvalue weighted by Gasteiger charge is -2.35. The van der Waals surface area contributed by atoms with Crippen molar-refractivity contribution < 1.29 is 19.1 Å². The molecule has 2 aliphatic heterocycles. The van der Waals surface area contributed by atoms with Gasteiger partial charge in [-0.1, -0.05) is 0 Å². The molecule has 2 N–H and O–H groups in total. The largest absolute Gasteiger partial charge is 0.482 e. The van der Waals surface area contributed by atoms with Crippen LogP contribution in [0.15, 0.2) is 42.7 Å². The summed E-state index contributed by atoms with van der Waals surface area (Å²) in [6.45, 7) is 6.18. The highest BCUT2D eigenvalue weighted by Crippen LogP contribution is 2.47. The summed E-state index contributed by atoms with van der Waals surface area (Å²) in [7, 11) is 1.50. The Bertz CT molecular complexity index is 1340. The van der Waals surface area contributed by atoms with Gasteiger partial charge in [0.25, 0.3) is 0 Å². The normalized spacial score (nSPS) is 15.7. The Morgan fingerprint density at radius 1 is 1.14 bits per heavy atom. The van der Waals surface area contributed by atoms with Crippen molar-refractivity contribution in [1.82, 2.24) is 9.97 Å². The van der Waals surface area contributed by atoms with Crippen LogP contribution in [0.25, 0.3) is 11.1 Å². The molecular formula is C26H27N5O4. The molecule has 9 heteroatoms. The lowest BCUT2D eigenvalue weighted by atomic mass is 9.87. The van der Waals surface area contributed by atoms with Gasteiger partial charge in [-0.2, -0.15) is 0 Å². The van der Waals surface area contributed by atoms with Crippen molar-refractivity contribution in [1.29, 1.82) is 0 Å². The zero-order valence-electron chi connectivity index (χ0n) is 20.1. The van der Waals surface area contributed by atoms with E-state index in [0.717, 1.165) is 41.1 Å². The van der Waals surface area contributed by atoms with Crippen molar-refractivity contribution in [3.8, 4) is 22.8 Å². The van der Waals surface area contributed by atoms with E-state index >= 15 is 0 Å². The number of hydrogen-bond acceptors (Lipinski definition) is 7. The summed E-state index contributed by atoms with van der Waals surface area (Å²) < 4.78 is 11.6. The minimum Gasteiger partial charge on any atom is -0.482 e. The molecule has 9 nitrogen and oxygen atoms in total. The van der Waals surface area contributed by atoms with E-state index in [2.05, 4.69) is 20.6 Å². The van der Waals surface area contributed by atoms with Gasteiger partial charge in [0, 0.05) is 54.5 Å². The van der Waals surface area contributed by atoms with Gasteiger partial charge in [0.05, 0.1) is 19.0 Å². The Balaban J connectivity index is 1.47. The van der Waals surface area contributed by atoms with Gasteiger partial charge < -0.3 is 25.0 Å². The van der Waals surface area contributed by atoms with E-state index in [1.807, 2.05) is 49.2 Å². The fourth-order valence-corrected chi connectivity index (χ4v) is 4.58. The number of carbonyl (C=O) groups excluding carboxylic acids is 2. The monoisotopic (exact) mass is 473 g/mol. The first-order valence-corrected chi connectivity index (χ1v) is 11.5. The zero-order chi connectivity index (χ0) is 24.7. The number of pyridine rings is 2. The summed E-state index contributed by atoms with van der Waals surface area (Å²) in [5.74, 6) is 1.60. The van der Waals surface area contributed by atoms with Gasteiger partial charge in [0.15, 0.2) is 0 Å². The maximum absolute atomic E-state index is 12.2. The van der Waals surface area contributed by atoms with E-state index in [1.54, 1.807) is 12.3 Å². The fourth-order valence-electron chi connectivity index (χ4n) is 4.58. The maximum Gasteiger partial charge on any atom is 0.237 e. The van der Waals surface area contributed by atoms with Crippen LogP contribution in [0.5, 0.6) is 11.6 Å². The van der Waals surface area contributed by atoms with Crippen LogP contribution in [-0.4, -0.2) is 35.4 Å². The van der Waals surface area contributed by atoms with Crippen LogP contribution in [0.2, 0.25) is 0 Å². The van der Waals surface area contributed by atoms with Gasteiger partial charge in [-0.15, -0.1) is 0 Å². The van der Waals surface area contributed by atoms with Gasteiger partial charge in [-0.25, -0.2) is 9.97 Å². The smallest absolute Gasteiger partial charge is 0.237 e. The molecule has 0 saturated carbocycles. The second-order valence-electron chi connectivity index (χ2n) is 9.14. The van der Waals surface area contributed by atoms with Gasteiger partial charge >= 0.3 is 0 Å². The predicted molar refractivity (Wildman–Crippen MR) is 133 cm³/mol. The number of fused-ring (bicyclic) bond motifs is 3. The summed E-state index contributed by atoms with van der Waals surface area (Å²) in [5.41, 5.74) is 4.26. The number of anilines is 4. The van der Waals surface area contributed by atoms with Gasteiger partial charge in [0.2, 0.25) is 17.7 Å². The van der Waals surface area contributed by atoms with Gasteiger partial charge in [-0.3, -0.25) is 9.59 Å². The third kappa shape index (κ3) is 4.25. The van der Waals surface area contributed by atoms with E-state index in [0.29, 0.717) is 29.5 Å². The number of ether oxygens (including phenoxy) is 2. The number of nitrogens with zero attached hydrogens (tertiary/aromatic N) is 3. The maximum atomic E-state index is 12.2. The molecule has 0 bridgehead atoms. The molecule has 35 heavy (non-hydrogen) atoms. The molecule has 2 aromatic heterocycles. The van der Waals surface area contributed by atoms with Crippen molar-refractivity contribution in [3.05, 3.63) is 48.3 Å². The highest BCUT2D eigenvalue weighted by molar-refractivity contribution is 5.96. The Kier molecular flexibility index (Phi) is 5.55. The average molecular weight is 474 g/mol. The first kappa shape index (κ1) is 22.6. The SMILES string of the molecule is COc1ncc(Nc2cc3c(cn2)-c2ccc(N4CCCC4=O)cc2OC3(C)C)cc1NC(C)=O. The Morgan fingerprint density at radius 2 is 1.97 bits per heavy atom. The van der Waals surface area contributed by atoms with E-state index < -0.39 is 5.60 Å². The molecule has 0 radical (unpaired) electrons. The number of carbonyl (C=O) groups is 2. The number of rotatable bonds is 5. The second-order valence-corrected chi connectivity index (χ2v) is 9.14. The van der Waals surface area contributed by atoms with E-state index in [4.69, 9.17) is 9.47 Å². The number of nitrogens with one attached hydrogen (secondary N) is 2. The number of hydrogen-bond donors (Lipinski definition) is 2. The minimum absolute atomic E-state index is 0.146. The number of benzene rings is 1. The highest BCUT2D eigenvalue weighted by atomic mass is 16.5. The van der Waals surface area contributed by atoms with Gasteiger partial charge in [0.1, 0.15) is 22.9 Å². The molecular weight excluding hydrogens is 446 g/mol. The first-order chi connectivity index (χ1) is 16.7. The molecule has 180 valence electrons. The van der Waals surface area contributed by atoms with Crippen molar-refractivity contribution in [2.24, 2.45) is 0 Å². The predicted octanol–water partition coefficient (Wildman–Crippen LogP) is 4.61. The fraction of sp³-hybridized carbons (Fsp3) is 0.308. The highest BCUT2D eigenvalue weighted by Gasteiger charge is 2.34. The lowest BCUT2D eigenvalue weighted by molar-refractivity contribution is -0.117. The van der Waals surface area contributed by atoms with Crippen LogP contribution in [0.4, 0.5) is 22.9 Å². The average Bonchev–Trinajstić information content (AvgIpc) is 3.24. The number of amides is 2. The van der Waals surface area contributed by atoms with Crippen LogP contribution >= 0.6 is 0 Å². The van der Waals surface area contributed by atoms with Gasteiger partial charge in [-0.05, 0) is 44.5 Å². The molecule has 1 saturated heterocycles. The lowest BCUT2D eigenvalue weighted by Crippen LogP contribution is -2.30. The molecule has 2 aliphatic rings. The van der Waals surface area contributed by atoms with Crippen LogP contribution in [0.3, 0.4) is 0 Å². The molecule has 0 aliphatic carbocycles.